The third kappa shape index (κ3) is 32.4. The number of unbranched alkanes of at least 4 members (excludes halogenated alkanes) is 24. The van der Waals surface area contributed by atoms with Crippen LogP contribution < -0.4 is 5.32 Å². The smallest absolute Gasteiger partial charge is 0.220 e. The number of aliphatic hydroxyl groups excluding tert-OH is 11. The van der Waals surface area contributed by atoms with E-state index in [1.165, 1.54) is 122 Å². The summed E-state index contributed by atoms with van der Waals surface area (Å²) < 4.78 is 34.2. The third-order valence-electron chi connectivity index (χ3n) is 16.4. The summed E-state index contributed by atoms with van der Waals surface area (Å²) in [5.74, 6) is -0.293. The molecule has 0 bridgehead atoms. The van der Waals surface area contributed by atoms with E-state index in [9.17, 15) is 61.0 Å². The average molecular weight is 1240 g/mol. The van der Waals surface area contributed by atoms with Crippen LogP contribution in [0.2, 0.25) is 0 Å². The first-order valence-corrected chi connectivity index (χ1v) is 33.7. The van der Waals surface area contributed by atoms with Gasteiger partial charge in [0.15, 0.2) is 18.9 Å². The van der Waals surface area contributed by atoms with Crippen molar-refractivity contribution >= 4 is 5.91 Å². The van der Waals surface area contributed by atoms with Gasteiger partial charge in [0, 0.05) is 6.42 Å². The molecule has 0 spiro atoms. The van der Waals surface area contributed by atoms with Gasteiger partial charge in [-0.25, -0.2) is 0 Å². The van der Waals surface area contributed by atoms with Gasteiger partial charge in [0.25, 0.3) is 0 Å². The van der Waals surface area contributed by atoms with Gasteiger partial charge in [-0.2, -0.15) is 0 Å². The minimum Gasteiger partial charge on any atom is -0.394 e. The Balaban J connectivity index is 1.37. The van der Waals surface area contributed by atoms with Crippen LogP contribution in [0.5, 0.6) is 0 Å². The van der Waals surface area contributed by atoms with Gasteiger partial charge in [-0.1, -0.05) is 209 Å². The molecule has 3 fully saturated rings. The molecule has 19 nitrogen and oxygen atoms in total. The van der Waals surface area contributed by atoms with Crippen molar-refractivity contribution in [2.75, 3.05) is 26.4 Å². The van der Waals surface area contributed by atoms with Crippen molar-refractivity contribution in [3.63, 3.8) is 0 Å². The summed E-state index contributed by atoms with van der Waals surface area (Å²) in [5.41, 5.74) is 0. The Morgan fingerprint density at radius 3 is 1.26 bits per heavy atom. The number of rotatable bonds is 50. The van der Waals surface area contributed by atoms with Crippen LogP contribution >= 0.6 is 0 Å². The largest absolute Gasteiger partial charge is 0.394 e. The molecule has 0 aromatic carbocycles. The number of hydrogen-bond donors (Lipinski definition) is 12. The Morgan fingerprint density at radius 2 is 0.793 bits per heavy atom. The Kier molecular flexibility index (Phi) is 45.0. The van der Waals surface area contributed by atoms with Gasteiger partial charge in [-0.3, -0.25) is 4.79 Å². The van der Waals surface area contributed by atoms with Crippen LogP contribution in [-0.2, 0) is 33.2 Å². The monoisotopic (exact) mass is 1240 g/mol. The van der Waals surface area contributed by atoms with E-state index in [0.29, 0.717) is 12.8 Å². The summed E-state index contributed by atoms with van der Waals surface area (Å²) >= 11 is 0. The fourth-order valence-corrected chi connectivity index (χ4v) is 10.9. The molecule has 87 heavy (non-hydrogen) atoms. The molecular weight excluding hydrogens is 1120 g/mol. The number of hydrogen-bond acceptors (Lipinski definition) is 18. The maximum atomic E-state index is 13.3. The fraction of sp³-hybridized carbons (Fsp3) is 0.809. The lowest BCUT2D eigenvalue weighted by atomic mass is 9.96. The molecule has 3 aliphatic rings. The summed E-state index contributed by atoms with van der Waals surface area (Å²) in [7, 11) is 0. The summed E-state index contributed by atoms with van der Waals surface area (Å²) in [6, 6.07) is -0.997. The number of nitrogens with one attached hydrogen (secondary N) is 1. The molecular formula is C68H119NO18. The molecule has 3 saturated heterocycles. The molecule has 17 unspecified atom stereocenters. The molecule has 0 saturated carbocycles. The van der Waals surface area contributed by atoms with Gasteiger partial charge >= 0.3 is 0 Å². The summed E-state index contributed by atoms with van der Waals surface area (Å²) in [4.78, 5) is 13.3. The van der Waals surface area contributed by atoms with Gasteiger partial charge in [0.05, 0.1) is 38.6 Å². The van der Waals surface area contributed by atoms with Crippen molar-refractivity contribution in [3.05, 3.63) is 72.9 Å². The van der Waals surface area contributed by atoms with Crippen molar-refractivity contribution in [1.29, 1.82) is 0 Å². The topological polar surface area (TPSA) is 307 Å². The number of allylic oxidation sites excluding steroid dienone is 11. The molecule has 19 heteroatoms. The SMILES string of the molecule is CCC/C=C/CC/C=C/CC/C=C/C(O)C(COC1OC(CO)C(OC2OC(CO)C(OC3OC(CO)C(O)C(O)C3O)C(O)C2O)C(O)C1O)NC(=O)CCCCCCCCCCCCCCCCCC/C=C\C/C=C\C/C=C\CCCCCCC. The second kappa shape index (κ2) is 49.9. The van der Waals surface area contributed by atoms with Crippen LogP contribution in [0.3, 0.4) is 0 Å². The number of amides is 1. The Bertz CT molecular complexity index is 1860. The van der Waals surface area contributed by atoms with Crippen LogP contribution in [0.15, 0.2) is 72.9 Å². The highest BCUT2D eigenvalue weighted by atomic mass is 16.8. The number of carbonyl (C=O) groups is 1. The minimum absolute atomic E-state index is 0.229. The molecule has 0 aliphatic carbocycles. The molecule has 1 amide bonds. The van der Waals surface area contributed by atoms with Crippen LogP contribution in [0.25, 0.3) is 0 Å². The zero-order valence-corrected chi connectivity index (χ0v) is 53.0. The minimum atomic E-state index is -1.98. The highest BCUT2D eigenvalue weighted by Gasteiger charge is 2.53. The van der Waals surface area contributed by atoms with Gasteiger partial charge < -0.3 is 89.9 Å². The Hall–Kier alpha value is -2.77. The first kappa shape index (κ1) is 78.5. The lowest BCUT2D eigenvalue weighted by molar-refractivity contribution is -0.379. The fourth-order valence-electron chi connectivity index (χ4n) is 10.9. The first-order chi connectivity index (χ1) is 42.3. The zero-order valence-electron chi connectivity index (χ0n) is 53.0. The quantitative estimate of drug-likeness (QED) is 0.0202. The maximum Gasteiger partial charge on any atom is 0.220 e. The average Bonchev–Trinajstić information content (AvgIpc) is 1.88. The van der Waals surface area contributed by atoms with E-state index in [0.717, 1.165) is 64.2 Å². The second-order valence-electron chi connectivity index (χ2n) is 23.9. The first-order valence-electron chi connectivity index (χ1n) is 33.7. The van der Waals surface area contributed by atoms with Gasteiger partial charge in [-0.15, -0.1) is 0 Å². The molecule has 3 rings (SSSR count). The number of ether oxygens (including phenoxy) is 6. The van der Waals surface area contributed by atoms with Gasteiger partial charge in [-0.05, 0) is 77.0 Å². The van der Waals surface area contributed by atoms with Crippen molar-refractivity contribution in [1.82, 2.24) is 5.32 Å². The molecule has 17 atom stereocenters. The lowest BCUT2D eigenvalue weighted by Crippen LogP contribution is -2.66. The summed E-state index contributed by atoms with van der Waals surface area (Å²) in [5, 5.41) is 120. The Labute approximate surface area is 521 Å². The van der Waals surface area contributed by atoms with Crippen LogP contribution in [0.1, 0.15) is 219 Å². The second-order valence-corrected chi connectivity index (χ2v) is 23.9. The molecule has 0 aromatic heterocycles. The number of aliphatic hydroxyl groups is 11. The molecule has 3 aliphatic heterocycles. The molecule has 0 aromatic rings. The highest BCUT2D eigenvalue weighted by Crippen LogP contribution is 2.33. The number of carbonyl (C=O) groups excluding carboxylic acids is 1. The third-order valence-corrected chi connectivity index (χ3v) is 16.4. The Morgan fingerprint density at radius 1 is 0.414 bits per heavy atom. The predicted molar refractivity (Wildman–Crippen MR) is 337 cm³/mol. The van der Waals surface area contributed by atoms with E-state index in [1.807, 2.05) is 6.08 Å². The molecule has 504 valence electrons. The van der Waals surface area contributed by atoms with E-state index in [-0.39, 0.29) is 18.9 Å². The van der Waals surface area contributed by atoms with Crippen molar-refractivity contribution in [2.45, 2.75) is 324 Å². The predicted octanol–water partition coefficient (Wildman–Crippen LogP) is 8.16. The van der Waals surface area contributed by atoms with Crippen LogP contribution in [0.4, 0.5) is 0 Å². The molecule has 0 radical (unpaired) electrons. The van der Waals surface area contributed by atoms with E-state index < -0.39 is 124 Å². The zero-order chi connectivity index (χ0) is 63.3. The van der Waals surface area contributed by atoms with Gasteiger partial charge in [0.2, 0.25) is 5.91 Å². The van der Waals surface area contributed by atoms with E-state index in [2.05, 4.69) is 79.9 Å². The van der Waals surface area contributed by atoms with Crippen molar-refractivity contribution in [3.8, 4) is 0 Å². The van der Waals surface area contributed by atoms with E-state index in [1.54, 1.807) is 6.08 Å². The van der Waals surface area contributed by atoms with Gasteiger partial charge in [0.1, 0.15) is 73.2 Å². The molecule has 12 N–H and O–H groups in total. The van der Waals surface area contributed by atoms with Crippen LogP contribution in [0, 0.1) is 0 Å². The molecule has 3 heterocycles. The highest BCUT2D eigenvalue weighted by molar-refractivity contribution is 5.76. The standard InChI is InChI=1S/C68H119NO18/c1-3-5-7-9-11-13-15-16-17-18-19-20-21-22-23-24-25-26-27-28-29-30-31-32-33-34-36-38-40-42-44-46-56(74)69-51(52(73)45-43-41-39-37-35-14-12-10-8-6-4-2)50-82-66-62(80)59(77)64(54(48-71)84-66)87-68-63(81)60(78)65(55(49-72)85-68)86-67-61(79)58(76)57(75)53(47-70)83-67/h8,10,15-16,18-19,21-22,35,37,43,45,51-55,57-68,70-73,75-81H,3-7,9,11-14,17,20,23-34,36,38-42,44,46-50H2,1-2H3,(H,69,74)/b10-8+,16-15-,19-18-,22-21-,37-35+,45-43+. The van der Waals surface area contributed by atoms with E-state index in [4.69, 9.17) is 28.4 Å². The van der Waals surface area contributed by atoms with Crippen LogP contribution in [-0.4, -0.2) is 193 Å². The van der Waals surface area contributed by atoms with Crippen molar-refractivity contribution in [2.24, 2.45) is 0 Å². The summed E-state index contributed by atoms with van der Waals surface area (Å²) in [6.45, 7) is 1.60. The maximum absolute atomic E-state index is 13.3. The lowest BCUT2D eigenvalue weighted by Gasteiger charge is -2.48. The van der Waals surface area contributed by atoms with Crippen molar-refractivity contribution < 1.29 is 89.4 Å². The van der Waals surface area contributed by atoms with E-state index >= 15 is 0 Å². The normalized spacial score (nSPS) is 29.0. The summed E-state index contributed by atoms with van der Waals surface area (Å²) in [6.07, 6.45) is 34.8.